The molecule has 0 aliphatic carbocycles. The lowest BCUT2D eigenvalue weighted by Crippen LogP contribution is -2.10. The quantitative estimate of drug-likeness (QED) is 0.487. The van der Waals surface area contributed by atoms with Crippen LogP contribution in [0.4, 0.5) is 0 Å². The van der Waals surface area contributed by atoms with E-state index in [1.54, 1.807) is 13.1 Å². The molecular formula is C8H10N2O2. The van der Waals surface area contributed by atoms with Crippen LogP contribution in [0.3, 0.4) is 0 Å². The molecule has 0 aromatic carbocycles. The van der Waals surface area contributed by atoms with Gasteiger partial charge in [-0.1, -0.05) is 0 Å². The van der Waals surface area contributed by atoms with Crippen LogP contribution < -0.4 is 0 Å². The highest BCUT2D eigenvalue weighted by Gasteiger charge is 2.11. The lowest BCUT2D eigenvalue weighted by Gasteiger charge is -1.97. The zero-order chi connectivity index (χ0) is 9.14. The molecule has 0 radical (unpaired) electrons. The Kier molecular flexibility index (Phi) is 2.38. The first kappa shape index (κ1) is 8.64. The molecule has 0 saturated heterocycles. The molecule has 0 saturated carbocycles. The van der Waals surface area contributed by atoms with Gasteiger partial charge in [-0.2, -0.15) is 5.10 Å². The van der Waals surface area contributed by atoms with Crippen molar-refractivity contribution in [2.75, 3.05) is 0 Å². The van der Waals surface area contributed by atoms with Gasteiger partial charge in [0.1, 0.15) is 11.5 Å². The molecule has 0 N–H and O–H groups in total. The molecule has 0 amide bonds. The molecule has 4 nitrogen and oxygen atoms in total. The van der Waals surface area contributed by atoms with E-state index in [1.165, 1.54) is 17.8 Å². The van der Waals surface area contributed by atoms with Crippen molar-refractivity contribution in [3.8, 4) is 0 Å². The summed E-state index contributed by atoms with van der Waals surface area (Å²) in [5.74, 6) is -0.302. The first-order valence-corrected chi connectivity index (χ1v) is 3.62. The van der Waals surface area contributed by atoms with Crippen LogP contribution in [-0.4, -0.2) is 21.3 Å². The molecule has 0 aliphatic rings. The molecule has 0 unspecified atom stereocenters. The normalized spacial score (nSPS) is 9.83. The van der Waals surface area contributed by atoms with Crippen LogP contribution in [0.5, 0.6) is 0 Å². The maximum atomic E-state index is 11.3. The van der Waals surface area contributed by atoms with Gasteiger partial charge in [0.05, 0.1) is 6.42 Å². The number of hydrogen-bond acceptors (Lipinski definition) is 3. The molecule has 1 heterocycles. The maximum absolute atomic E-state index is 11.3. The number of hydrogen-bond donors (Lipinski definition) is 0. The Bertz CT molecular complexity index is 315. The third-order valence-electron chi connectivity index (χ3n) is 1.52. The van der Waals surface area contributed by atoms with Gasteiger partial charge in [-0.05, 0) is 13.0 Å². The van der Waals surface area contributed by atoms with Crippen molar-refractivity contribution in [2.24, 2.45) is 7.05 Å². The van der Waals surface area contributed by atoms with E-state index in [9.17, 15) is 9.59 Å². The van der Waals surface area contributed by atoms with Gasteiger partial charge in [0.15, 0.2) is 5.78 Å². The van der Waals surface area contributed by atoms with Crippen molar-refractivity contribution in [1.82, 2.24) is 9.78 Å². The number of ketones is 2. The van der Waals surface area contributed by atoms with Gasteiger partial charge >= 0.3 is 0 Å². The summed E-state index contributed by atoms with van der Waals surface area (Å²) in [6.45, 7) is 1.40. The molecule has 1 aromatic rings. The number of aryl methyl sites for hydroxylation is 1. The first-order valence-electron chi connectivity index (χ1n) is 3.62. The van der Waals surface area contributed by atoms with Crippen LogP contribution in [0, 0.1) is 0 Å². The fourth-order valence-corrected chi connectivity index (χ4v) is 0.964. The summed E-state index contributed by atoms with van der Waals surface area (Å²) in [5.41, 5.74) is 0.477. The van der Waals surface area contributed by atoms with E-state index in [0.29, 0.717) is 5.69 Å². The SMILES string of the molecule is CC(=O)CC(=O)c1ccnn1C. The van der Waals surface area contributed by atoms with E-state index in [1.807, 2.05) is 0 Å². The van der Waals surface area contributed by atoms with Crippen molar-refractivity contribution < 1.29 is 9.59 Å². The predicted octanol–water partition coefficient (Wildman–Crippen LogP) is 0.582. The molecule has 0 bridgehead atoms. The van der Waals surface area contributed by atoms with Gasteiger partial charge < -0.3 is 0 Å². The van der Waals surface area contributed by atoms with E-state index in [0.717, 1.165) is 0 Å². The number of aromatic nitrogens is 2. The van der Waals surface area contributed by atoms with Gasteiger partial charge in [0.2, 0.25) is 0 Å². The molecule has 64 valence electrons. The van der Waals surface area contributed by atoms with E-state index in [-0.39, 0.29) is 18.0 Å². The van der Waals surface area contributed by atoms with E-state index in [2.05, 4.69) is 5.10 Å². The van der Waals surface area contributed by atoms with Gasteiger partial charge in [-0.15, -0.1) is 0 Å². The predicted molar refractivity (Wildman–Crippen MR) is 42.8 cm³/mol. The minimum Gasteiger partial charge on any atom is -0.300 e. The van der Waals surface area contributed by atoms with Gasteiger partial charge in [-0.3, -0.25) is 14.3 Å². The number of Topliss-reactive ketones (excluding diaryl/α,β-unsaturated/α-hetero) is 2. The standard InChI is InChI=1S/C8H10N2O2/c1-6(11)5-8(12)7-3-4-9-10(7)2/h3-4H,5H2,1-2H3. The fraction of sp³-hybridized carbons (Fsp3) is 0.375. The van der Waals surface area contributed by atoms with Crippen LogP contribution >= 0.6 is 0 Å². The molecule has 12 heavy (non-hydrogen) atoms. The van der Waals surface area contributed by atoms with Crippen molar-refractivity contribution in [2.45, 2.75) is 13.3 Å². The molecule has 0 spiro atoms. The van der Waals surface area contributed by atoms with Crippen molar-refractivity contribution in [1.29, 1.82) is 0 Å². The second-order valence-electron chi connectivity index (χ2n) is 2.64. The highest BCUT2D eigenvalue weighted by Crippen LogP contribution is 2.01. The highest BCUT2D eigenvalue weighted by molar-refractivity contribution is 6.06. The van der Waals surface area contributed by atoms with E-state index >= 15 is 0 Å². The first-order chi connectivity index (χ1) is 5.61. The summed E-state index contributed by atoms with van der Waals surface area (Å²) in [6.07, 6.45) is 1.49. The third kappa shape index (κ3) is 1.78. The second-order valence-corrected chi connectivity index (χ2v) is 2.64. The zero-order valence-electron chi connectivity index (χ0n) is 7.07. The lowest BCUT2D eigenvalue weighted by molar-refractivity contribution is -0.116. The Labute approximate surface area is 70.2 Å². The highest BCUT2D eigenvalue weighted by atomic mass is 16.1. The minimum absolute atomic E-state index is 0.0421. The van der Waals surface area contributed by atoms with Crippen LogP contribution in [0.15, 0.2) is 12.3 Å². The monoisotopic (exact) mass is 166 g/mol. The van der Waals surface area contributed by atoms with Crippen molar-refractivity contribution in [3.63, 3.8) is 0 Å². The summed E-state index contributed by atoms with van der Waals surface area (Å²) in [6, 6.07) is 1.60. The number of carbonyl (C=O) groups excluding carboxylic acids is 2. The number of nitrogens with zero attached hydrogens (tertiary/aromatic N) is 2. The fourth-order valence-electron chi connectivity index (χ4n) is 0.964. The van der Waals surface area contributed by atoms with E-state index in [4.69, 9.17) is 0 Å². The summed E-state index contributed by atoms with van der Waals surface area (Å²) in [4.78, 5) is 21.9. The van der Waals surface area contributed by atoms with Gasteiger partial charge in [0.25, 0.3) is 0 Å². The Balaban J connectivity index is 2.78. The van der Waals surface area contributed by atoms with Crippen LogP contribution in [0.1, 0.15) is 23.8 Å². The Morgan fingerprint density at radius 1 is 1.58 bits per heavy atom. The van der Waals surface area contributed by atoms with Crippen LogP contribution in [-0.2, 0) is 11.8 Å². The third-order valence-corrected chi connectivity index (χ3v) is 1.52. The van der Waals surface area contributed by atoms with Crippen LogP contribution in [0.25, 0.3) is 0 Å². The summed E-state index contributed by atoms with van der Waals surface area (Å²) in [5, 5.41) is 3.83. The Morgan fingerprint density at radius 3 is 2.67 bits per heavy atom. The minimum atomic E-state index is -0.178. The topological polar surface area (TPSA) is 52.0 Å². The molecule has 0 atom stereocenters. The average molecular weight is 166 g/mol. The van der Waals surface area contributed by atoms with Crippen molar-refractivity contribution in [3.05, 3.63) is 18.0 Å². The lowest BCUT2D eigenvalue weighted by atomic mass is 10.2. The second kappa shape index (κ2) is 3.30. The largest absolute Gasteiger partial charge is 0.300 e. The molecular weight excluding hydrogens is 156 g/mol. The summed E-state index contributed by atoms with van der Waals surface area (Å²) >= 11 is 0. The Hall–Kier alpha value is -1.45. The van der Waals surface area contributed by atoms with Gasteiger partial charge in [-0.25, -0.2) is 0 Å². The molecule has 0 fully saturated rings. The summed E-state index contributed by atoms with van der Waals surface area (Å²) < 4.78 is 1.46. The molecule has 1 aromatic heterocycles. The molecule has 1 rings (SSSR count). The van der Waals surface area contributed by atoms with Crippen LogP contribution in [0.2, 0.25) is 0 Å². The zero-order valence-corrected chi connectivity index (χ0v) is 7.07. The molecule has 0 aliphatic heterocycles. The van der Waals surface area contributed by atoms with Crippen molar-refractivity contribution >= 4 is 11.6 Å². The average Bonchev–Trinajstić information content (AvgIpc) is 2.33. The van der Waals surface area contributed by atoms with E-state index < -0.39 is 0 Å². The molecule has 4 heteroatoms. The smallest absolute Gasteiger partial charge is 0.188 e. The number of rotatable bonds is 3. The number of carbonyl (C=O) groups is 2. The maximum Gasteiger partial charge on any atom is 0.188 e. The van der Waals surface area contributed by atoms with Gasteiger partial charge in [0, 0.05) is 13.2 Å². The summed E-state index contributed by atoms with van der Waals surface area (Å²) in [7, 11) is 1.67. The Morgan fingerprint density at radius 2 is 2.25 bits per heavy atom.